The van der Waals surface area contributed by atoms with Crippen LogP contribution in [0.25, 0.3) is 11.0 Å². The summed E-state index contributed by atoms with van der Waals surface area (Å²) in [5, 5.41) is 3.15. The molecule has 0 aliphatic carbocycles. The Labute approximate surface area is 112 Å². The molecule has 0 bridgehead atoms. The number of nitrogens with one attached hydrogen (secondary N) is 1. The van der Waals surface area contributed by atoms with Gasteiger partial charge in [-0.25, -0.2) is 4.98 Å². The zero-order valence-corrected chi connectivity index (χ0v) is 11.4. The first kappa shape index (κ1) is 13.4. The van der Waals surface area contributed by atoms with Crippen molar-refractivity contribution >= 4 is 16.9 Å². The van der Waals surface area contributed by atoms with Crippen LogP contribution < -0.4 is 5.32 Å². The van der Waals surface area contributed by atoms with Crippen molar-refractivity contribution in [1.82, 2.24) is 20.2 Å². The molecule has 1 atom stereocenters. The fraction of sp³-hybridized carbons (Fsp3) is 0.357. The van der Waals surface area contributed by atoms with E-state index in [1.165, 1.54) is 0 Å². The minimum Gasteiger partial charge on any atom is -0.347 e. The molecule has 1 aromatic heterocycles. The molecule has 0 saturated heterocycles. The first-order valence-corrected chi connectivity index (χ1v) is 6.23. The molecule has 100 valence electrons. The van der Waals surface area contributed by atoms with Crippen LogP contribution in [-0.2, 0) is 11.3 Å². The van der Waals surface area contributed by atoms with Gasteiger partial charge in [-0.15, -0.1) is 0 Å². The van der Waals surface area contributed by atoms with Crippen LogP contribution in [0.5, 0.6) is 0 Å². The van der Waals surface area contributed by atoms with Crippen LogP contribution in [0.1, 0.15) is 12.6 Å². The van der Waals surface area contributed by atoms with E-state index in [1.54, 1.807) is 25.2 Å². The second kappa shape index (κ2) is 5.75. The van der Waals surface area contributed by atoms with Gasteiger partial charge < -0.3 is 10.2 Å². The lowest BCUT2D eigenvalue weighted by Crippen LogP contribution is -2.41. The highest BCUT2D eigenvalue weighted by atomic mass is 16.2. The molecular weight excluding hydrogens is 240 g/mol. The number of carbonyl (C=O) groups excluding carboxylic acids is 1. The Morgan fingerprint density at radius 1 is 1.32 bits per heavy atom. The summed E-state index contributed by atoms with van der Waals surface area (Å²) in [5.74, 6) is 0.0498. The Morgan fingerprint density at radius 3 is 2.68 bits per heavy atom. The second-order valence-corrected chi connectivity index (χ2v) is 4.69. The first-order chi connectivity index (χ1) is 9.08. The van der Waals surface area contributed by atoms with E-state index in [0.29, 0.717) is 6.54 Å². The predicted octanol–water partition coefficient (Wildman–Crippen LogP) is 1.20. The lowest BCUT2D eigenvalue weighted by molar-refractivity contribution is -0.130. The van der Waals surface area contributed by atoms with E-state index < -0.39 is 0 Å². The monoisotopic (exact) mass is 258 g/mol. The molecular formula is C14H18N4O. The lowest BCUT2D eigenvalue weighted by atomic mass is 10.2. The molecule has 19 heavy (non-hydrogen) atoms. The topological polar surface area (TPSA) is 58.1 Å². The Kier molecular flexibility index (Phi) is 4.06. The maximum absolute atomic E-state index is 11.7. The molecule has 1 unspecified atom stereocenters. The molecule has 1 aromatic carbocycles. The van der Waals surface area contributed by atoms with E-state index in [9.17, 15) is 4.79 Å². The van der Waals surface area contributed by atoms with Crippen LogP contribution in [-0.4, -0.2) is 40.9 Å². The number of nitrogens with zero attached hydrogens (tertiary/aromatic N) is 3. The maximum atomic E-state index is 11.7. The van der Waals surface area contributed by atoms with Gasteiger partial charge >= 0.3 is 0 Å². The molecule has 1 amide bonds. The minimum atomic E-state index is -0.233. The van der Waals surface area contributed by atoms with Crippen LogP contribution in [0.2, 0.25) is 0 Å². The molecule has 2 aromatic rings. The Morgan fingerprint density at radius 2 is 2.00 bits per heavy atom. The lowest BCUT2D eigenvalue weighted by Gasteiger charge is -2.17. The van der Waals surface area contributed by atoms with Crippen molar-refractivity contribution in [2.75, 3.05) is 14.1 Å². The van der Waals surface area contributed by atoms with E-state index in [0.717, 1.165) is 16.7 Å². The number of para-hydroxylation sites is 2. The van der Waals surface area contributed by atoms with E-state index >= 15 is 0 Å². The van der Waals surface area contributed by atoms with Gasteiger partial charge in [-0.1, -0.05) is 12.1 Å². The van der Waals surface area contributed by atoms with Crippen LogP contribution in [0.4, 0.5) is 0 Å². The van der Waals surface area contributed by atoms with Gasteiger partial charge in [-0.05, 0) is 19.1 Å². The number of rotatable bonds is 4. The fourth-order valence-corrected chi connectivity index (χ4v) is 1.81. The van der Waals surface area contributed by atoms with Crippen molar-refractivity contribution in [3.05, 3.63) is 36.2 Å². The van der Waals surface area contributed by atoms with E-state index in [-0.39, 0.29) is 11.9 Å². The summed E-state index contributed by atoms with van der Waals surface area (Å²) >= 11 is 0. The Bertz CT molecular complexity index is 582. The fourth-order valence-electron chi connectivity index (χ4n) is 1.81. The van der Waals surface area contributed by atoms with Crippen molar-refractivity contribution in [3.8, 4) is 0 Å². The third kappa shape index (κ3) is 3.26. The van der Waals surface area contributed by atoms with Crippen molar-refractivity contribution in [2.45, 2.75) is 19.5 Å². The Hall–Kier alpha value is -2.01. The zero-order valence-electron chi connectivity index (χ0n) is 11.4. The number of benzene rings is 1. The largest absolute Gasteiger partial charge is 0.347 e. The number of likely N-dealkylation sites (N-methyl/N-ethyl adjacent to an activating group) is 1. The molecule has 5 heteroatoms. The smallest absolute Gasteiger partial charge is 0.238 e. The molecule has 0 fully saturated rings. The van der Waals surface area contributed by atoms with Gasteiger partial charge in [0.2, 0.25) is 5.91 Å². The van der Waals surface area contributed by atoms with Gasteiger partial charge in [0.25, 0.3) is 0 Å². The summed E-state index contributed by atoms with van der Waals surface area (Å²) in [5.41, 5.74) is 2.58. The molecule has 1 N–H and O–H groups in total. The van der Waals surface area contributed by atoms with Gasteiger partial charge in [0.1, 0.15) is 0 Å². The number of hydrogen-bond acceptors (Lipinski definition) is 4. The van der Waals surface area contributed by atoms with Gasteiger partial charge in [0, 0.05) is 20.6 Å². The molecule has 0 aliphatic heterocycles. The number of hydrogen-bond donors (Lipinski definition) is 1. The summed E-state index contributed by atoms with van der Waals surface area (Å²) < 4.78 is 0. The predicted molar refractivity (Wildman–Crippen MR) is 74.5 cm³/mol. The van der Waals surface area contributed by atoms with Gasteiger partial charge in [-0.2, -0.15) is 0 Å². The molecule has 0 saturated carbocycles. The summed E-state index contributed by atoms with van der Waals surface area (Å²) in [7, 11) is 3.49. The Balaban J connectivity index is 2.04. The molecule has 1 heterocycles. The molecule has 0 aliphatic rings. The molecule has 2 rings (SSSR count). The van der Waals surface area contributed by atoms with E-state index in [1.807, 2.05) is 31.2 Å². The van der Waals surface area contributed by atoms with Crippen molar-refractivity contribution in [1.29, 1.82) is 0 Å². The third-order valence-corrected chi connectivity index (χ3v) is 2.90. The highest BCUT2D eigenvalue weighted by Gasteiger charge is 2.14. The van der Waals surface area contributed by atoms with E-state index in [2.05, 4.69) is 15.3 Å². The maximum Gasteiger partial charge on any atom is 0.238 e. The number of aromatic nitrogens is 2. The van der Waals surface area contributed by atoms with Crippen molar-refractivity contribution in [3.63, 3.8) is 0 Å². The normalized spacial score (nSPS) is 12.4. The highest BCUT2D eigenvalue weighted by Crippen LogP contribution is 2.08. The second-order valence-electron chi connectivity index (χ2n) is 4.69. The van der Waals surface area contributed by atoms with Gasteiger partial charge in [0.15, 0.2) is 0 Å². The highest BCUT2D eigenvalue weighted by molar-refractivity contribution is 5.80. The van der Waals surface area contributed by atoms with Gasteiger partial charge in [-0.3, -0.25) is 9.78 Å². The van der Waals surface area contributed by atoms with E-state index in [4.69, 9.17) is 0 Å². The summed E-state index contributed by atoms with van der Waals surface area (Å²) in [4.78, 5) is 22.1. The van der Waals surface area contributed by atoms with Crippen LogP contribution >= 0.6 is 0 Å². The van der Waals surface area contributed by atoms with Crippen molar-refractivity contribution < 1.29 is 4.79 Å². The molecule has 5 nitrogen and oxygen atoms in total. The number of fused-ring (bicyclic) bond motifs is 1. The third-order valence-electron chi connectivity index (χ3n) is 2.90. The average Bonchev–Trinajstić information content (AvgIpc) is 2.43. The van der Waals surface area contributed by atoms with Gasteiger partial charge in [0.05, 0.1) is 29.0 Å². The molecule has 0 spiro atoms. The summed E-state index contributed by atoms with van der Waals surface area (Å²) in [6.45, 7) is 2.37. The van der Waals surface area contributed by atoms with Crippen LogP contribution in [0.15, 0.2) is 30.5 Å². The number of amides is 1. The minimum absolute atomic E-state index is 0.0498. The van der Waals surface area contributed by atoms with Crippen molar-refractivity contribution in [2.24, 2.45) is 0 Å². The van der Waals surface area contributed by atoms with Crippen LogP contribution in [0.3, 0.4) is 0 Å². The molecule has 0 radical (unpaired) electrons. The van der Waals surface area contributed by atoms with Crippen LogP contribution in [0, 0.1) is 0 Å². The number of carbonyl (C=O) groups is 1. The average molecular weight is 258 g/mol. The standard InChI is InChI=1S/C14H18N4O/c1-10(14(19)18(2)3)15-8-11-9-16-12-6-4-5-7-13(12)17-11/h4-7,9-10,15H,8H2,1-3H3. The SMILES string of the molecule is CC(NCc1cnc2ccccc2n1)C(=O)N(C)C. The summed E-state index contributed by atoms with van der Waals surface area (Å²) in [6, 6.07) is 7.50. The summed E-state index contributed by atoms with van der Waals surface area (Å²) in [6.07, 6.45) is 1.74. The zero-order chi connectivity index (χ0) is 13.8. The first-order valence-electron chi connectivity index (χ1n) is 6.23. The quantitative estimate of drug-likeness (QED) is 0.895.